The van der Waals surface area contributed by atoms with E-state index in [2.05, 4.69) is 43.5 Å². The average Bonchev–Trinajstić information content (AvgIpc) is 3.05. The third kappa shape index (κ3) is 33.0. The maximum absolute atomic E-state index is 12.7. The predicted octanol–water partition coefficient (Wildman–Crippen LogP) is 10.00. The zero-order chi connectivity index (χ0) is 34.7. The maximum atomic E-state index is 12.7. The molecule has 0 saturated carbocycles. The van der Waals surface area contributed by atoms with Crippen LogP contribution in [-0.4, -0.2) is 47.8 Å². The van der Waals surface area contributed by atoms with E-state index >= 15 is 0 Å². The molecule has 0 aliphatic carbocycles. The lowest BCUT2D eigenvalue weighted by Gasteiger charge is -2.23. The first-order valence-corrected chi connectivity index (χ1v) is 20.6. The Kier molecular flexibility index (Phi) is 33.6. The number of allylic oxidation sites excluding steroid dienone is 5. The van der Waals surface area contributed by atoms with Gasteiger partial charge in [0, 0.05) is 13.0 Å². The van der Waals surface area contributed by atoms with Gasteiger partial charge in [-0.3, -0.25) is 13.8 Å². The van der Waals surface area contributed by atoms with Crippen LogP contribution in [0.25, 0.3) is 0 Å². The van der Waals surface area contributed by atoms with Crippen LogP contribution in [-0.2, 0) is 18.4 Å². The molecule has 0 bridgehead atoms. The standard InChI is InChI=1S/C38H73N2O6P/c1-3-5-7-9-11-13-15-17-18-20-21-23-25-27-29-31-37(41)36(35-46-47(43,44)45-34-33-39)40-38(42)32-30-28-26-24-22-19-16-14-12-10-8-6-4-2/h15,17,21,23,29,31,36-37,41H,3-14,16,18-20,22,24-28,30,32-35,39H2,1-2H3,(H,40,42)(H,43,44)/b17-15+,23-21+,31-29+. The van der Waals surface area contributed by atoms with Gasteiger partial charge >= 0.3 is 7.82 Å². The Hall–Kier alpha value is -1.28. The van der Waals surface area contributed by atoms with E-state index in [-0.39, 0.29) is 25.7 Å². The zero-order valence-electron chi connectivity index (χ0n) is 30.3. The van der Waals surface area contributed by atoms with E-state index in [1.807, 2.05) is 6.08 Å². The largest absolute Gasteiger partial charge is 0.472 e. The second-order valence-corrected chi connectivity index (χ2v) is 14.2. The molecule has 0 aromatic heterocycles. The van der Waals surface area contributed by atoms with E-state index < -0.39 is 20.0 Å². The van der Waals surface area contributed by atoms with Crippen molar-refractivity contribution in [2.45, 2.75) is 180 Å². The van der Waals surface area contributed by atoms with Crippen LogP contribution >= 0.6 is 7.82 Å². The zero-order valence-corrected chi connectivity index (χ0v) is 31.2. The van der Waals surface area contributed by atoms with E-state index in [1.54, 1.807) is 6.08 Å². The summed E-state index contributed by atoms with van der Waals surface area (Å²) in [6, 6.07) is -0.878. The first kappa shape index (κ1) is 45.7. The molecule has 47 heavy (non-hydrogen) atoms. The Labute approximate surface area is 289 Å². The number of rotatable bonds is 35. The minimum Gasteiger partial charge on any atom is -0.387 e. The molecule has 8 nitrogen and oxygen atoms in total. The van der Waals surface area contributed by atoms with Gasteiger partial charge in [-0.2, -0.15) is 0 Å². The third-order valence-electron chi connectivity index (χ3n) is 8.20. The highest BCUT2D eigenvalue weighted by Gasteiger charge is 2.26. The number of carbonyl (C=O) groups excluding carboxylic acids is 1. The molecule has 0 saturated heterocycles. The van der Waals surface area contributed by atoms with E-state index in [1.165, 1.54) is 103 Å². The molecule has 0 aliphatic heterocycles. The molecule has 0 heterocycles. The van der Waals surface area contributed by atoms with Crippen molar-refractivity contribution in [3.63, 3.8) is 0 Å². The second-order valence-electron chi connectivity index (χ2n) is 12.8. The fourth-order valence-corrected chi connectivity index (χ4v) is 6.04. The summed E-state index contributed by atoms with van der Waals surface area (Å²) in [5.41, 5.74) is 5.35. The molecule has 0 aromatic carbocycles. The van der Waals surface area contributed by atoms with Crippen molar-refractivity contribution in [2.24, 2.45) is 5.73 Å². The fourth-order valence-electron chi connectivity index (χ4n) is 5.28. The minimum absolute atomic E-state index is 0.0723. The van der Waals surface area contributed by atoms with Gasteiger partial charge in [0.2, 0.25) is 5.91 Å². The lowest BCUT2D eigenvalue weighted by molar-refractivity contribution is -0.123. The normalized spacial score (nSPS) is 14.7. The second kappa shape index (κ2) is 34.6. The molecule has 1 amide bonds. The number of hydrogen-bond acceptors (Lipinski definition) is 6. The number of phosphoric acid groups is 1. The summed E-state index contributed by atoms with van der Waals surface area (Å²) < 4.78 is 22.0. The van der Waals surface area contributed by atoms with Gasteiger partial charge < -0.3 is 21.1 Å². The van der Waals surface area contributed by atoms with Crippen LogP contribution < -0.4 is 11.1 Å². The number of carbonyl (C=O) groups is 1. The molecule has 3 unspecified atom stereocenters. The van der Waals surface area contributed by atoms with Crippen molar-refractivity contribution in [3.8, 4) is 0 Å². The van der Waals surface area contributed by atoms with E-state index in [0.29, 0.717) is 6.42 Å². The smallest absolute Gasteiger partial charge is 0.387 e. The van der Waals surface area contributed by atoms with Gasteiger partial charge in [0.15, 0.2) is 0 Å². The van der Waals surface area contributed by atoms with Crippen LogP contribution in [0.2, 0.25) is 0 Å². The molecule has 0 radical (unpaired) electrons. The summed E-state index contributed by atoms with van der Waals surface area (Å²) in [6.45, 7) is 4.07. The molecule has 5 N–H and O–H groups in total. The van der Waals surface area contributed by atoms with E-state index in [0.717, 1.165) is 44.9 Å². The van der Waals surface area contributed by atoms with Crippen LogP contribution in [0.3, 0.4) is 0 Å². The average molecular weight is 685 g/mol. The number of nitrogens with one attached hydrogen (secondary N) is 1. The number of unbranched alkanes of at least 4 members (excludes halogenated alkanes) is 19. The third-order valence-corrected chi connectivity index (χ3v) is 9.18. The quantitative estimate of drug-likeness (QED) is 0.0297. The van der Waals surface area contributed by atoms with Crippen molar-refractivity contribution in [1.82, 2.24) is 5.32 Å². The van der Waals surface area contributed by atoms with Gasteiger partial charge in [-0.25, -0.2) is 4.57 Å². The summed E-state index contributed by atoms with van der Waals surface area (Å²) >= 11 is 0. The Morgan fingerprint density at radius 1 is 0.681 bits per heavy atom. The van der Waals surface area contributed by atoms with E-state index in [4.69, 9.17) is 14.8 Å². The molecule has 276 valence electrons. The molecule has 0 aromatic rings. The SMILES string of the molecule is CCCCCCC/C=C/CC/C=C/CC/C=C/C(O)C(COP(=O)(O)OCCN)NC(=O)CCCCCCCCCCCCCCC. The molecule has 0 spiro atoms. The Morgan fingerprint density at radius 2 is 1.13 bits per heavy atom. The molecule has 0 rings (SSSR count). The van der Waals surface area contributed by atoms with Gasteiger partial charge in [0.25, 0.3) is 0 Å². The molecule has 9 heteroatoms. The van der Waals surface area contributed by atoms with Gasteiger partial charge in [-0.15, -0.1) is 0 Å². The number of amides is 1. The van der Waals surface area contributed by atoms with Crippen molar-refractivity contribution in [3.05, 3.63) is 36.5 Å². The van der Waals surface area contributed by atoms with Gasteiger partial charge in [-0.1, -0.05) is 153 Å². The molecule has 3 atom stereocenters. The van der Waals surface area contributed by atoms with Crippen molar-refractivity contribution < 1.29 is 28.4 Å². The van der Waals surface area contributed by atoms with Crippen LogP contribution in [0.5, 0.6) is 0 Å². The number of aliphatic hydroxyl groups excluding tert-OH is 1. The number of hydrogen-bond donors (Lipinski definition) is 4. The number of nitrogens with two attached hydrogens (primary N) is 1. The fraction of sp³-hybridized carbons (Fsp3) is 0.816. The summed E-state index contributed by atoms with van der Waals surface area (Å²) in [5, 5.41) is 13.6. The number of aliphatic hydroxyl groups is 1. The van der Waals surface area contributed by atoms with Crippen molar-refractivity contribution >= 4 is 13.7 Å². The van der Waals surface area contributed by atoms with Crippen LogP contribution in [0.15, 0.2) is 36.5 Å². The Balaban J connectivity index is 4.40. The first-order valence-electron chi connectivity index (χ1n) is 19.1. The highest BCUT2D eigenvalue weighted by atomic mass is 31.2. The highest BCUT2D eigenvalue weighted by Crippen LogP contribution is 2.43. The maximum Gasteiger partial charge on any atom is 0.472 e. The molecular formula is C38H73N2O6P. The van der Waals surface area contributed by atoms with Gasteiger partial charge in [-0.05, 0) is 44.9 Å². The Morgan fingerprint density at radius 3 is 1.64 bits per heavy atom. The van der Waals surface area contributed by atoms with Crippen LogP contribution in [0.1, 0.15) is 168 Å². The van der Waals surface area contributed by atoms with Gasteiger partial charge in [0.05, 0.1) is 25.4 Å². The monoisotopic (exact) mass is 685 g/mol. The lowest BCUT2D eigenvalue weighted by Crippen LogP contribution is -2.45. The summed E-state index contributed by atoms with van der Waals surface area (Å²) in [6.07, 6.45) is 39.0. The van der Waals surface area contributed by atoms with Crippen LogP contribution in [0, 0.1) is 0 Å². The molecule has 0 fully saturated rings. The predicted molar refractivity (Wildman–Crippen MR) is 198 cm³/mol. The minimum atomic E-state index is -4.34. The molecular weight excluding hydrogens is 611 g/mol. The Bertz CT molecular complexity index is 835. The van der Waals surface area contributed by atoms with E-state index in [9.17, 15) is 19.4 Å². The molecule has 0 aliphatic rings. The summed E-state index contributed by atoms with van der Waals surface area (Å²) in [4.78, 5) is 22.6. The van der Waals surface area contributed by atoms with Gasteiger partial charge in [0.1, 0.15) is 0 Å². The van der Waals surface area contributed by atoms with Crippen molar-refractivity contribution in [1.29, 1.82) is 0 Å². The van der Waals surface area contributed by atoms with Crippen molar-refractivity contribution in [2.75, 3.05) is 19.8 Å². The van der Waals surface area contributed by atoms with Crippen LogP contribution in [0.4, 0.5) is 0 Å². The number of phosphoric ester groups is 1. The summed E-state index contributed by atoms with van der Waals surface area (Å²) in [5.74, 6) is -0.210. The highest BCUT2D eigenvalue weighted by molar-refractivity contribution is 7.47. The summed E-state index contributed by atoms with van der Waals surface area (Å²) in [7, 11) is -4.34. The topological polar surface area (TPSA) is 131 Å². The lowest BCUT2D eigenvalue weighted by atomic mass is 10.0. The first-order chi connectivity index (χ1) is 22.9.